The first-order chi connectivity index (χ1) is 9.00. The number of aromatic nitrogens is 1. The maximum atomic E-state index is 12.5. The molecule has 2 rings (SSSR count). The summed E-state index contributed by atoms with van der Waals surface area (Å²) in [6.07, 6.45) is -1.42. The van der Waals surface area contributed by atoms with E-state index in [2.05, 4.69) is 10.3 Å². The molecule has 0 unspecified atom stereocenters. The van der Waals surface area contributed by atoms with Gasteiger partial charge in [0.2, 0.25) is 0 Å². The number of halogens is 3. The fourth-order valence-electron chi connectivity index (χ4n) is 2.09. The molecule has 0 aliphatic carbocycles. The summed E-state index contributed by atoms with van der Waals surface area (Å²) in [5, 5.41) is 5.11. The van der Waals surface area contributed by atoms with Crippen LogP contribution in [0.1, 0.15) is 42.9 Å². The molecule has 0 amide bonds. The second-order valence-electron chi connectivity index (χ2n) is 4.58. The molecule has 1 fully saturated rings. The van der Waals surface area contributed by atoms with E-state index in [0.29, 0.717) is 11.0 Å². The Kier molecular flexibility index (Phi) is 5.14. The zero-order chi connectivity index (χ0) is 13.9. The van der Waals surface area contributed by atoms with Crippen LogP contribution in [0.3, 0.4) is 0 Å². The molecular formula is C12H17F3N2S2. The molecule has 0 radical (unpaired) electrons. The summed E-state index contributed by atoms with van der Waals surface area (Å²) in [5.41, 5.74) is -0.771. The van der Waals surface area contributed by atoms with Gasteiger partial charge in [-0.2, -0.15) is 24.9 Å². The first-order valence-corrected chi connectivity index (χ1v) is 8.40. The van der Waals surface area contributed by atoms with Gasteiger partial charge in [0.25, 0.3) is 0 Å². The van der Waals surface area contributed by atoms with Crippen molar-refractivity contribution in [2.45, 2.75) is 44.4 Å². The quantitative estimate of drug-likeness (QED) is 0.906. The van der Waals surface area contributed by atoms with Crippen molar-refractivity contribution in [3.63, 3.8) is 0 Å². The summed E-state index contributed by atoms with van der Waals surface area (Å²) in [5.74, 6) is 2.25. The lowest BCUT2D eigenvalue weighted by atomic mass is 10.1. The molecule has 1 aliphatic rings. The van der Waals surface area contributed by atoms with Gasteiger partial charge in [-0.05, 0) is 30.8 Å². The van der Waals surface area contributed by atoms with E-state index in [1.807, 2.05) is 18.7 Å². The van der Waals surface area contributed by atoms with Gasteiger partial charge in [0, 0.05) is 11.4 Å². The molecule has 7 heteroatoms. The molecule has 1 aromatic rings. The van der Waals surface area contributed by atoms with Crippen molar-refractivity contribution >= 4 is 23.1 Å². The molecule has 0 spiro atoms. The monoisotopic (exact) mass is 310 g/mol. The topological polar surface area (TPSA) is 24.9 Å². The number of hydrogen-bond donors (Lipinski definition) is 1. The number of thioether (sulfide) groups is 1. The highest BCUT2D eigenvalue weighted by molar-refractivity contribution is 7.99. The van der Waals surface area contributed by atoms with E-state index < -0.39 is 11.9 Å². The number of nitrogens with zero attached hydrogens (tertiary/aromatic N) is 1. The third-order valence-electron chi connectivity index (χ3n) is 3.18. The molecule has 0 bridgehead atoms. The zero-order valence-corrected chi connectivity index (χ0v) is 12.3. The van der Waals surface area contributed by atoms with Crippen molar-refractivity contribution < 1.29 is 13.2 Å². The van der Waals surface area contributed by atoms with Crippen molar-refractivity contribution in [3.8, 4) is 0 Å². The zero-order valence-electron chi connectivity index (χ0n) is 10.7. The van der Waals surface area contributed by atoms with Gasteiger partial charge in [0.15, 0.2) is 5.69 Å². The highest BCUT2D eigenvalue weighted by Gasteiger charge is 2.34. The lowest BCUT2D eigenvalue weighted by Crippen LogP contribution is -2.35. The fourth-order valence-corrected chi connectivity index (χ4v) is 4.17. The van der Waals surface area contributed by atoms with Crippen LogP contribution in [-0.2, 0) is 6.18 Å². The molecule has 0 saturated carbocycles. The van der Waals surface area contributed by atoms with Gasteiger partial charge in [-0.15, -0.1) is 11.3 Å². The van der Waals surface area contributed by atoms with Crippen LogP contribution in [0.15, 0.2) is 5.38 Å². The van der Waals surface area contributed by atoms with Crippen LogP contribution < -0.4 is 5.32 Å². The molecule has 2 nitrogen and oxygen atoms in total. The number of alkyl halides is 3. The Hall–Kier alpha value is -0.270. The second-order valence-corrected chi connectivity index (χ2v) is 6.70. The molecule has 1 N–H and O–H groups in total. The second kappa shape index (κ2) is 6.45. The van der Waals surface area contributed by atoms with Gasteiger partial charge in [0.05, 0.1) is 6.04 Å². The van der Waals surface area contributed by atoms with Gasteiger partial charge in [-0.3, -0.25) is 0 Å². The van der Waals surface area contributed by atoms with Crippen LogP contribution in [0, 0.1) is 0 Å². The van der Waals surface area contributed by atoms with Crippen LogP contribution in [0.2, 0.25) is 0 Å². The van der Waals surface area contributed by atoms with Gasteiger partial charge in [-0.25, -0.2) is 4.98 Å². The van der Waals surface area contributed by atoms with Crippen molar-refractivity contribution in [2.75, 3.05) is 11.5 Å². The van der Waals surface area contributed by atoms with Gasteiger partial charge >= 0.3 is 6.18 Å². The largest absolute Gasteiger partial charge is 0.434 e. The third-order valence-corrected chi connectivity index (χ3v) is 5.18. The molecule has 2 heterocycles. The van der Waals surface area contributed by atoms with Crippen LogP contribution in [-0.4, -0.2) is 22.5 Å². The number of thiazole rings is 1. The highest BCUT2D eigenvalue weighted by atomic mass is 32.2. The van der Waals surface area contributed by atoms with Gasteiger partial charge in [0.1, 0.15) is 5.01 Å². The normalized spacial score (nSPS) is 19.6. The summed E-state index contributed by atoms with van der Waals surface area (Å²) in [6, 6.07) is 0.346. The number of nitrogens with one attached hydrogen (secondary N) is 1. The minimum Gasteiger partial charge on any atom is -0.305 e. The first kappa shape index (κ1) is 15.1. The van der Waals surface area contributed by atoms with Gasteiger partial charge in [-0.1, -0.05) is 6.92 Å². The third kappa shape index (κ3) is 4.10. The molecule has 1 aromatic heterocycles. The van der Waals surface area contributed by atoms with Crippen molar-refractivity contribution in [1.82, 2.24) is 10.3 Å². The summed E-state index contributed by atoms with van der Waals surface area (Å²) < 4.78 is 37.6. The van der Waals surface area contributed by atoms with Crippen molar-refractivity contribution in [3.05, 3.63) is 16.1 Å². The molecule has 19 heavy (non-hydrogen) atoms. The Bertz CT molecular complexity index is 400. The van der Waals surface area contributed by atoms with E-state index in [9.17, 15) is 13.2 Å². The highest BCUT2D eigenvalue weighted by Crippen LogP contribution is 2.33. The average molecular weight is 310 g/mol. The molecule has 1 atom stereocenters. The first-order valence-electron chi connectivity index (χ1n) is 6.37. The van der Waals surface area contributed by atoms with Crippen LogP contribution in [0.5, 0.6) is 0 Å². The SMILES string of the molecule is CC[C@@H](NC1CCSCC1)c1nc(C(F)(F)F)cs1. The van der Waals surface area contributed by atoms with Crippen LogP contribution >= 0.6 is 23.1 Å². The Morgan fingerprint density at radius 2 is 2.11 bits per heavy atom. The number of rotatable bonds is 4. The molecule has 1 saturated heterocycles. The average Bonchev–Trinajstić information content (AvgIpc) is 2.86. The van der Waals surface area contributed by atoms with E-state index in [0.717, 1.165) is 47.5 Å². The standard InChI is InChI=1S/C12H17F3N2S2/c1-2-9(16-8-3-5-18-6-4-8)11-17-10(7-19-11)12(13,14)15/h7-9,16H,2-6H2,1H3/t9-/m1/s1. The van der Waals surface area contributed by atoms with E-state index in [4.69, 9.17) is 0 Å². The lowest BCUT2D eigenvalue weighted by Gasteiger charge is -2.26. The van der Waals surface area contributed by atoms with Crippen molar-refractivity contribution in [2.24, 2.45) is 0 Å². The minimum atomic E-state index is -4.34. The molecular weight excluding hydrogens is 293 g/mol. The maximum absolute atomic E-state index is 12.5. The Morgan fingerprint density at radius 3 is 2.63 bits per heavy atom. The molecule has 108 valence electrons. The van der Waals surface area contributed by atoms with Crippen LogP contribution in [0.4, 0.5) is 13.2 Å². The molecule has 0 aromatic carbocycles. The summed E-state index contributed by atoms with van der Waals surface area (Å²) in [6.45, 7) is 1.98. The van der Waals surface area contributed by atoms with E-state index >= 15 is 0 Å². The van der Waals surface area contributed by atoms with E-state index in [1.165, 1.54) is 0 Å². The predicted molar refractivity (Wildman–Crippen MR) is 73.6 cm³/mol. The predicted octanol–water partition coefficient (Wildman–Crippen LogP) is 4.10. The summed E-state index contributed by atoms with van der Waals surface area (Å²) in [4.78, 5) is 3.74. The summed E-state index contributed by atoms with van der Waals surface area (Å²) in [7, 11) is 0. The fraction of sp³-hybridized carbons (Fsp3) is 0.750. The van der Waals surface area contributed by atoms with E-state index in [1.54, 1.807) is 0 Å². The van der Waals surface area contributed by atoms with E-state index in [-0.39, 0.29) is 6.04 Å². The van der Waals surface area contributed by atoms with Gasteiger partial charge < -0.3 is 5.32 Å². The smallest absolute Gasteiger partial charge is 0.305 e. The Morgan fingerprint density at radius 1 is 1.42 bits per heavy atom. The Balaban J connectivity index is 2.02. The molecule has 1 aliphatic heterocycles. The summed E-state index contributed by atoms with van der Waals surface area (Å²) >= 11 is 3.03. The Labute approximate surface area is 119 Å². The maximum Gasteiger partial charge on any atom is 0.434 e. The lowest BCUT2D eigenvalue weighted by molar-refractivity contribution is -0.140. The van der Waals surface area contributed by atoms with Crippen molar-refractivity contribution in [1.29, 1.82) is 0 Å². The number of hydrogen-bond acceptors (Lipinski definition) is 4. The minimum absolute atomic E-state index is 0.0609. The van der Waals surface area contributed by atoms with Crippen LogP contribution in [0.25, 0.3) is 0 Å².